The molecule has 148 valence electrons. The summed E-state index contributed by atoms with van der Waals surface area (Å²) in [5, 5.41) is 12.0. The normalized spacial score (nSPS) is 15.2. The van der Waals surface area contributed by atoms with Gasteiger partial charge in [0.25, 0.3) is 5.91 Å². The van der Waals surface area contributed by atoms with Crippen molar-refractivity contribution in [2.24, 2.45) is 0 Å². The van der Waals surface area contributed by atoms with Crippen molar-refractivity contribution in [2.45, 2.75) is 12.7 Å². The van der Waals surface area contributed by atoms with Gasteiger partial charge in [0.2, 0.25) is 0 Å². The number of carbonyl (C=O) groups is 1. The minimum Gasteiger partial charge on any atom is -0.361 e. The molecule has 0 bridgehead atoms. The van der Waals surface area contributed by atoms with E-state index in [1.54, 1.807) is 0 Å². The van der Waals surface area contributed by atoms with Crippen LogP contribution in [0.4, 0.5) is 5.69 Å². The Hall–Kier alpha value is -3.57. The van der Waals surface area contributed by atoms with E-state index in [1.807, 2.05) is 89.7 Å². The SMILES string of the molecule is O=C1N[C@H](c2cn(Cc3ccccc3Cl)nc2-c2ccccc2)Nc2ccccc21. The monoisotopic (exact) mass is 414 g/mol. The van der Waals surface area contributed by atoms with Gasteiger partial charge in [-0.1, -0.05) is 72.3 Å². The zero-order chi connectivity index (χ0) is 20.5. The van der Waals surface area contributed by atoms with E-state index in [1.165, 1.54) is 0 Å². The predicted molar refractivity (Wildman–Crippen MR) is 118 cm³/mol. The van der Waals surface area contributed by atoms with Crippen LogP contribution in [-0.4, -0.2) is 15.7 Å². The molecule has 1 aliphatic heterocycles. The highest BCUT2D eigenvalue weighted by molar-refractivity contribution is 6.31. The Morgan fingerprint density at radius 3 is 2.47 bits per heavy atom. The Bertz CT molecular complexity index is 1220. The molecule has 0 radical (unpaired) electrons. The van der Waals surface area contributed by atoms with Gasteiger partial charge in [-0.25, -0.2) is 0 Å². The summed E-state index contributed by atoms with van der Waals surface area (Å²) >= 11 is 6.35. The Morgan fingerprint density at radius 2 is 1.63 bits per heavy atom. The van der Waals surface area contributed by atoms with Gasteiger partial charge in [-0.15, -0.1) is 0 Å². The second-order valence-electron chi connectivity index (χ2n) is 7.18. The minimum atomic E-state index is -0.386. The summed E-state index contributed by atoms with van der Waals surface area (Å²) in [5.41, 5.74) is 5.14. The second kappa shape index (κ2) is 7.69. The van der Waals surface area contributed by atoms with Gasteiger partial charge in [-0.05, 0) is 23.8 Å². The van der Waals surface area contributed by atoms with Crippen LogP contribution in [0.1, 0.15) is 27.7 Å². The Labute approximate surface area is 179 Å². The van der Waals surface area contributed by atoms with E-state index in [-0.39, 0.29) is 12.1 Å². The summed E-state index contributed by atoms with van der Waals surface area (Å²) in [6.07, 6.45) is 1.58. The van der Waals surface area contributed by atoms with Gasteiger partial charge in [0.1, 0.15) is 6.17 Å². The average molecular weight is 415 g/mol. The molecule has 0 fully saturated rings. The Balaban J connectivity index is 1.56. The third-order valence-corrected chi connectivity index (χ3v) is 5.55. The van der Waals surface area contributed by atoms with Crippen LogP contribution < -0.4 is 10.6 Å². The maximum Gasteiger partial charge on any atom is 0.255 e. The first-order valence-corrected chi connectivity index (χ1v) is 10.1. The van der Waals surface area contributed by atoms with Crippen molar-refractivity contribution >= 4 is 23.2 Å². The first-order chi connectivity index (χ1) is 14.7. The van der Waals surface area contributed by atoms with Crippen molar-refractivity contribution in [3.05, 3.63) is 107 Å². The number of para-hydroxylation sites is 1. The lowest BCUT2D eigenvalue weighted by Gasteiger charge is -2.27. The molecule has 30 heavy (non-hydrogen) atoms. The quantitative estimate of drug-likeness (QED) is 0.488. The van der Waals surface area contributed by atoms with Crippen molar-refractivity contribution in [3.63, 3.8) is 0 Å². The molecular weight excluding hydrogens is 396 g/mol. The van der Waals surface area contributed by atoms with Crippen molar-refractivity contribution in [1.29, 1.82) is 0 Å². The van der Waals surface area contributed by atoms with E-state index in [2.05, 4.69) is 10.6 Å². The summed E-state index contributed by atoms with van der Waals surface area (Å²) < 4.78 is 1.87. The smallest absolute Gasteiger partial charge is 0.255 e. The van der Waals surface area contributed by atoms with Crippen LogP contribution in [0.5, 0.6) is 0 Å². The Kier molecular flexibility index (Phi) is 4.73. The minimum absolute atomic E-state index is 0.104. The van der Waals surface area contributed by atoms with Crippen LogP contribution in [0.3, 0.4) is 0 Å². The molecular formula is C24H19ClN4O. The molecule has 0 unspecified atom stereocenters. The summed E-state index contributed by atoms with van der Waals surface area (Å²) in [6.45, 7) is 0.538. The lowest BCUT2D eigenvalue weighted by Crippen LogP contribution is -2.38. The van der Waals surface area contributed by atoms with Crippen molar-refractivity contribution < 1.29 is 4.79 Å². The fraction of sp³-hybridized carbons (Fsp3) is 0.0833. The van der Waals surface area contributed by atoms with Crippen molar-refractivity contribution in [3.8, 4) is 11.3 Å². The lowest BCUT2D eigenvalue weighted by atomic mass is 10.0. The first kappa shape index (κ1) is 18.5. The molecule has 2 N–H and O–H groups in total. The summed E-state index contributed by atoms with van der Waals surface area (Å²) in [7, 11) is 0. The number of nitrogens with zero attached hydrogens (tertiary/aromatic N) is 2. The number of hydrogen-bond acceptors (Lipinski definition) is 3. The number of rotatable bonds is 4. The van der Waals surface area contributed by atoms with Crippen LogP contribution >= 0.6 is 11.6 Å². The standard InChI is InChI=1S/C24H19ClN4O/c25-20-12-6-4-10-17(20)14-29-15-19(22(28-29)16-8-2-1-3-9-16)23-26-21-13-7-5-11-18(21)24(30)27-23/h1-13,15,23,26H,14H2,(H,27,30)/t23-/m1/s1. The fourth-order valence-corrected chi connectivity index (χ4v) is 3.91. The van der Waals surface area contributed by atoms with E-state index in [0.29, 0.717) is 17.1 Å². The van der Waals surface area contributed by atoms with Crippen LogP contribution in [0.2, 0.25) is 5.02 Å². The van der Waals surface area contributed by atoms with Crippen LogP contribution in [0.15, 0.2) is 85.1 Å². The van der Waals surface area contributed by atoms with Crippen LogP contribution in [-0.2, 0) is 6.54 Å². The second-order valence-corrected chi connectivity index (χ2v) is 7.59. The molecule has 3 aromatic carbocycles. The summed E-state index contributed by atoms with van der Waals surface area (Å²) in [4.78, 5) is 12.7. The fourth-order valence-electron chi connectivity index (χ4n) is 3.71. The highest BCUT2D eigenvalue weighted by Gasteiger charge is 2.28. The molecule has 5 nitrogen and oxygen atoms in total. The first-order valence-electron chi connectivity index (χ1n) is 9.71. The van der Waals surface area contributed by atoms with Gasteiger partial charge in [0.15, 0.2) is 0 Å². The number of halogens is 1. The van der Waals surface area contributed by atoms with Crippen LogP contribution in [0.25, 0.3) is 11.3 Å². The summed E-state index contributed by atoms with van der Waals surface area (Å²) in [6, 6.07) is 25.2. The zero-order valence-corrected chi connectivity index (χ0v) is 16.8. The number of aromatic nitrogens is 2. The third kappa shape index (κ3) is 3.44. The summed E-state index contributed by atoms with van der Waals surface area (Å²) in [5.74, 6) is -0.104. The molecule has 0 aliphatic carbocycles. The van der Waals surface area contributed by atoms with E-state index < -0.39 is 0 Å². The number of nitrogens with one attached hydrogen (secondary N) is 2. The maximum atomic E-state index is 12.7. The molecule has 1 aliphatic rings. The zero-order valence-electron chi connectivity index (χ0n) is 16.0. The Morgan fingerprint density at radius 1 is 0.900 bits per heavy atom. The molecule has 5 rings (SSSR count). The average Bonchev–Trinajstić information content (AvgIpc) is 3.20. The molecule has 1 amide bonds. The third-order valence-electron chi connectivity index (χ3n) is 5.19. The molecule has 1 atom stereocenters. The predicted octanol–water partition coefficient (Wildman–Crippen LogP) is 5.11. The van der Waals surface area contributed by atoms with E-state index in [9.17, 15) is 4.79 Å². The van der Waals surface area contributed by atoms with Gasteiger partial charge in [0, 0.05) is 28.0 Å². The van der Waals surface area contributed by atoms with Gasteiger partial charge in [0.05, 0.1) is 17.8 Å². The molecule has 2 heterocycles. The molecule has 4 aromatic rings. The highest BCUT2D eigenvalue weighted by Crippen LogP contribution is 2.32. The topological polar surface area (TPSA) is 59.0 Å². The number of anilines is 1. The highest BCUT2D eigenvalue weighted by atomic mass is 35.5. The van der Waals surface area contributed by atoms with Gasteiger partial charge < -0.3 is 10.6 Å². The van der Waals surface area contributed by atoms with E-state index >= 15 is 0 Å². The van der Waals surface area contributed by atoms with Gasteiger partial charge in [-0.3, -0.25) is 9.48 Å². The van der Waals surface area contributed by atoms with Crippen molar-refractivity contribution in [1.82, 2.24) is 15.1 Å². The largest absolute Gasteiger partial charge is 0.361 e. The number of carbonyl (C=O) groups excluding carboxylic acids is 1. The maximum absolute atomic E-state index is 12.7. The molecule has 0 saturated carbocycles. The van der Waals surface area contributed by atoms with E-state index in [4.69, 9.17) is 16.7 Å². The number of amides is 1. The van der Waals surface area contributed by atoms with E-state index in [0.717, 1.165) is 28.1 Å². The van der Waals surface area contributed by atoms with Gasteiger partial charge >= 0.3 is 0 Å². The molecule has 0 saturated heterocycles. The molecule has 1 aromatic heterocycles. The molecule has 6 heteroatoms. The molecule has 0 spiro atoms. The lowest BCUT2D eigenvalue weighted by molar-refractivity contribution is 0.0936. The number of fused-ring (bicyclic) bond motifs is 1. The van der Waals surface area contributed by atoms with Crippen molar-refractivity contribution in [2.75, 3.05) is 5.32 Å². The number of hydrogen-bond donors (Lipinski definition) is 2. The van der Waals surface area contributed by atoms with Gasteiger partial charge in [-0.2, -0.15) is 5.10 Å². The number of benzene rings is 3. The van der Waals surface area contributed by atoms with Crippen LogP contribution in [0, 0.1) is 0 Å².